The number of carboxylic acids is 1. The minimum Gasteiger partial charge on any atom is -0.486 e. The monoisotopic (exact) mass is 341 g/mol. The van der Waals surface area contributed by atoms with Crippen LogP contribution in [-0.2, 0) is 6.54 Å². The van der Waals surface area contributed by atoms with Gasteiger partial charge in [-0.05, 0) is 37.1 Å². The first-order valence-corrected chi connectivity index (χ1v) is 8.43. The minimum absolute atomic E-state index is 0.320. The number of para-hydroxylation sites is 1. The fourth-order valence-electron chi connectivity index (χ4n) is 3.15. The first-order valence-electron chi connectivity index (χ1n) is 8.43. The topological polar surface area (TPSA) is 70.0 Å². The van der Waals surface area contributed by atoms with E-state index in [1.54, 1.807) is 19.1 Å². The van der Waals surface area contributed by atoms with Crippen LogP contribution < -0.4 is 4.74 Å². The van der Waals surface area contributed by atoms with Crippen LogP contribution in [0, 0.1) is 0 Å². The first-order chi connectivity index (χ1) is 12.0. The van der Waals surface area contributed by atoms with E-state index < -0.39 is 11.6 Å². The summed E-state index contributed by atoms with van der Waals surface area (Å²) in [5, 5.41) is 20.0. The molecule has 1 aliphatic heterocycles. The lowest BCUT2D eigenvalue weighted by Crippen LogP contribution is -2.56. The molecule has 1 saturated heterocycles. The summed E-state index contributed by atoms with van der Waals surface area (Å²) in [5.74, 6) is -0.197. The van der Waals surface area contributed by atoms with Gasteiger partial charge in [-0.3, -0.25) is 4.90 Å². The number of likely N-dealkylation sites (tertiary alicyclic amines) is 1. The normalized spacial score (nSPS) is 24.0. The SMILES string of the molecule is C[C@@]1(O)CCN(Cc2ccccc2C(=O)O)C[C@H]1Oc1ccccc1. The van der Waals surface area contributed by atoms with Crippen molar-refractivity contribution in [2.75, 3.05) is 13.1 Å². The quantitative estimate of drug-likeness (QED) is 0.875. The molecule has 2 aromatic rings. The van der Waals surface area contributed by atoms with Crippen LogP contribution in [0.1, 0.15) is 29.3 Å². The summed E-state index contributed by atoms with van der Waals surface area (Å²) in [6, 6.07) is 16.5. The fraction of sp³-hybridized carbons (Fsp3) is 0.350. The summed E-state index contributed by atoms with van der Waals surface area (Å²) in [7, 11) is 0. The van der Waals surface area contributed by atoms with Crippen LogP contribution in [0.4, 0.5) is 0 Å². The Morgan fingerprint density at radius 2 is 1.88 bits per heavy atom. The number of carbonyl (C=O) groups is 1. The first kappa shape index (κ1) is 17.5. The fourth-order valence-corrected chi connectivity index (χ4v) is 3.15. The van der Waals surface area contributed by atoms with Crippen molar-refractivity contribution in [2.24, 2.45) is 0 Å². The molecular weight excluding hydrogens is 318 g/mol. The van der Waals surface area contributed by atoms with Crippen LogP contribution in [0.3, 0.4) is 0 Å². The number of ether oxygens (including phenoxy) is 1. The summed E-state index contributed by atoms with van der Waals surface area (Å²) in [4.78, 5) is 13.5. The van der Waals surface area contributed by atoms with Gasteiger partial charge in [0.2, 0.25) is 0 Å². The maximum absolute atomic E-state index is 11.4. The Bertz CT molecular complexity index is 729. The number of aliphatic hydroxyl groups is 1. The van der Waals surface area contributed by atoms with Gasteiger partial charge in [0.25, 0.3) is 0 Å². The van der Waals surface area contributed by atoms with Gasteiger partial charge in [0, 0.05) is 19.6 Å². The number of hydrogen-bond donors (Lipinski definition) is 2. The number of rotatable bonds is 5. The highest BCUT2D eigenvalue weighted by Crippen LogP contribution is 2.27. The molecule has 1 heterocycles. The third kappa shape index (κ3) is 4.18. The summed E-state index contributed by atoms with van der Waals surface area (Å²) in [6.07, 6.45) is 0.195. The van der Waals surface area contributed by atoms with E-state index in [0.29, 0.717) is 31.6 Å². The Balaban J connectivity index is 1.73. The van der Waals surface area contributed by atoms with E-state index in [1.165, 1.54) is 0 Å². The highest BCUT2D eigenvalue weighted by atomic mass is 16.5. The minimum atomic E-state index is -0.920. The van der Waals surface area contributed by atoms with E-state index in [-0.39, 0.29) is 6.10 Å². The number of piperidine rings is 1. The van der Waals surface area contributed by atoms with Gasteiger partial charge in [0.1, 0.15) is 17.5 Å². The molecule has 0 amide bonds. The third-order valence-electron chi connectivity index (χ3n) is 4.72. The zero-order valence-electron chi connectivity index (χ0n) is 14.3. The molecule has 3 rings (SSSR count). The van der Waals surface area contributed by atoms with E-state index in [1.807, 2.05) is 42.5 Å². The van der Waals surface area contributed by atoms with Crippen LogP contribution in [-0.4, -0.2) is 45.9 Å². The molecular formula is C20H23NO4. The van der Waals surface area contributed by atoms with Crippen molar-refractivity contribution in [3.05, 3.63) is 65.7 Å². The summed E-state index contributed by atoms with van der Waals surface area (Å²) in [6.45, 7) is 3.54. The molecule has 5 nitrogen and oxygen atoms in total. The van der Waals surface area contributed by atoms with Crippen molar-refractivity contribution < 1.29 is 19.7 Å². The Morgan fingerprint density at radius 3 is 2.60 bits per heavy atom. The number of aromatic carboxylic acids is 1. The maximum Gasteiger partial charge on any atom is 0.336 e. The van der Waals surface area contributed by atoms with E-state index in [9.17, 15) is 15.0 Å². The van der Waals surface area contributed by atoms with Gasteiger partial charge in [0.15, 0.2) is 0 Å². The van der Waals surface area contributed by atoms with E-state index >= 15 is 0 Å². The van der Waals surface area contributed by atoms with Gasteiger partial charge < -0.3 is 14.9 Å². The zero-order valence-corrected chi connectivity index (χ0v) is 14.3. The molecule has 0 unspecified atom stereocenters. The van der Waals surface area contributed by atoms with Gasteiger partial charge in [-0.2, -0.15) is 0 Å². The molecule has 0 bridgehead atoms. The van der Waals surface area contributed by atoms with Gasteiger partial charge in [-0.15, -0.1) is 0 Å². The van der Waals surface area contributed by atoms with Crippen molar-refractivity contribution in [1.82, 2.24) is 4.90 Å². The average Bonchev–Trinajstić information content (AvgIpc) is 2.59. The molecule has 1 fully saturated rings. The van der Waals surface area contributed by atoms with E-state index in [2.05, 4.69) is 4.90 Å². The lowest BCUT2D eigenvalue weighted by atomic mass is 9.90. The molecule has 1 aliphatic rings. The molecule has 5 heteroatoms. The lowest BCUT2D eigenvalue weighted by molar-refractivity contribution is -0.0965. The van der Waals surface area contributed by atoms with Crippen LogP contribution in [0.15, 0.2) is 54.6 Å². The largest absolute Gasteiger partial charge is 0.486 e. The predicted octanol–water partition coefficient (Wildman–Crippen LogP) is 2.79. The van der Waals surface area contributed by atoms with Gasteiger partial charge in [-0.25, -0.2) is 4.79 Å². The Morgan fingerprint density at radius 1 is 1.20 bits per heavy atom. The Hall–Kier alpha value is -2.37. The van der Waals surface area contributed by atoms with Crippen LogP contribution in [0.2, 0.25) is 0 Å². The number of benzene rings is 2. The number of hydrogen-bond acceptors (Lipinski definition) is 4. The highest BCUT2D eigenvalue weighted by Gasteiger charge is 2.39. The van der Waals surface area contributed by atoms with Crippen molar-refractivity contribution in [2.45, 2.75) is 31.6 Å². The third-order valence-corrected chi connectivity index (χ3v) is 4.72. The average molecular weight is 341 g/mol. The van der Waals surface area contributed by atoms with Crippen LogP contribution in [0.25, 0.3) is 0 Å². The summed E-state index contributed by atoms with van der Waals surface area (Å²) < 4.78 is 6.01. The molecule has 132 valence electrons. The van der Waals surface area contributed by atoms with E-state index in [4.69, 9.17) is 4.74 Å². The second-order valence-electron chi connectivity index (χ2n) is 6.72. The van der Waals surface area contributed by atoms with Crippen molar-refractivity contribution >= 4 is 5.97 Å². The molecule has 25 heavy (non-hydrogen) atoms. The second kappa shape index (κ2) is 7.25. The summed E-state index contributed by atoms with van der Waals surface area (Å²) in [5.41, 5.74) is 0.175. The molecule has 2 aromatic carbocycles. The molecule has 0 aromatic heterocycles. The van der Waals surface area contributed by atoms with Gasteiger partial charge in [-0.1, -0.05) is 36.4 Å². The van der Waals surface area contributed by atoms with Crippen LogP contribution >= 0.6 is 0 Å². The van der Waals surface area contributed by atoms with Crippen LogP contribution in [0.5, 0.6) is 5.75 Å². The van der Waals surface area contributed by atoms with Crippen molar-refractivity contribution in [3.63, 3.8) is 0 Å². The molecule has 0 spiro atoms. The van der Waals surface area contributed by atoms with Crippen molar-refractivity contribution in [1.29, 1.82) is 0 Å². The zero-order chi connectivity index (χ0) is 17.9. The van der Waals surface area contributed by atoms with Gasteiger partial charge in [0.05, 0.1) is 5.56 Å². The summed E-state index contributed by atoms with van der Waals surface area (Å²) >= 11 is 0. The van der Waals surface area contributed by atoms with E-state index in [0.717, 1.165) is 11.3 Å². The Labute approximate surface area is 147 Å². The predicted molar refractivity (Wildman–Crippen MR) is 94.8 cm³/mol. The highest BCUT2D eigenvalue weighted by molar-refractivity contribution is 5.89. The van der Waals surface area contributed by atoms with Gasteiger partial charge >= 0.3 is 5.97 Å². The Kier molecular flexibility index (Phi) is 5.06. The molecule has 0 radical (unpaired) electrons. The molecule has 2 atom stereocenters. The molecule has 0 saturated carbocycles. The maximum atomic E-state index is 11.4. The van der Waals surface area contributed by atoms with Crippen molar-refractivity contribution in [3.8, 4) is 5.75 Å². The molecule has 0 aliphatic carbocycles. The number of carboxylic acid groups (broad SMARTS) is 1. The number of nitrogens with zero attached hydrogens (tertiary/aromatic N) is 1. The molecule has 2 N–H and O–H groups in total. The smallest absolute Gasteiger partial charge is 0.336 e. The standard InChI is InChI=1S/C20H23NO4/c1-20(24)11-12-21(13-15-7-5-6-10-17(15)19(22)23)14-18(20)25-16-8-3-2-4-9-16/h2-10,18,24H,11-14H2,1H3,(H,22,23)/t18-,20-/m1/s1. The second-order valence-corrected chi connectivity index (χ2v) is 6.72. The lowest BCUT2D eigenvalue weighted by Gasteiger charge is -2.42.